The molecule has 1 aromatic carbocycles. The van der Waals surface area contributed by atoms with Crippen molar-refractivity contribution >= 4 is 27.7 Å². The van der Waals surface area contributed by atoms with Gasteiger partial charge in [-0.3, -0.25) is 9.59 Å². The summed E-state index contributed by atoms with van der Waals surface area (Å²) in [6.07, 6.45) is 0.982. The molecule has 4 nitrogen and oxygen atoms in total. The van der Waals surface area contributed by atoms with Gasteiger partial charge in [-0.2, -0.15) is 0 Å². The molecule has 2 unspecified atom stereocenters. The lowest BCUT2D eigenvalue weighted by Crippen LogP contribution is -2.35. The fourth-order valence-corrected chi connectivity index (χ4v) is 2.31. The van der Waals surface area contributed by atoms with Crippen LogP contribution in [0.4, 0.5) is 0 Å². The predicted octanol–water partition coefficient (Wildman–Crippen LogP) is 1.95. The van der Waals surface area contributed by atoms with Crippen LogP contribution in [0.25, 0.3) is 0 Å². The molecule has 2 N–H and O–H groups in total. The van der Waals surface area contributed by atoms with Crippen LogP contribution >= 0.6 is 15.9 Å². The Morgan fingerprint density at radius 1 is 1.32 bits per heavy atom. The van der Waals surface area contributed by atoms with E-state index in [4.69, 9.17) is 0 Å². The van der Waals surface area contributed by atoms with Crippen molar-refractivity contribution < 1.29 is 9.59 Å². The minimum absolute atomic E-state index is 0.101. The van der Waals surface area contributed by atoms with Crippen LogP contribution in [-0.4, -0.2) is 24.9 Å². The molecule has 102 valence electrons. The highest BCUT2D eigenvalue weighted by molar-refractivity contribution is 9.10. The van der Waals surface area contributed by atoms with Gasteiger partial charge in [-0.1, -0.05) is 28.9 Å². The number of hydrogen-bond acceptors (Lipinski definition) is 2. The predicted molar refractivity (Wildman–Crippen MR) is 76.8 cm³/mol. The minimum atomic E-state index is -0.129. The number of carbonyl (C=O) groups excluding carboxylic acids is 2. The molecule has 19 heavy (non-hydrogen) atoms. The maximum Gasteiger partial charge on any atom is 0.251 e. The molecule has 0 spiro atoms. The first-order valence-corrected chi connectivity index (χ1v) is 7.18. The van der Waals surface area contributed by atoms with E-state index in [1.807, 2.05) is 12.1 Å². The summed E-state index contributed by atoms with van der Waals surface area (Å²) < 4.78 is 0.871. The summed E-state index contributed by atoms with van der Waals surface area (Å²) >= 11 is 3.32. The van der Waals surface area contributed by atoms with Crippen molar-refractivity contribution in [3.05, 3.63) is 34.3 Å². The Labute approximate surface area is 121 Å². The fourth-order valence-electron chi connectivity index (χ4n) is 1.91. The maximum absolute atomic E-state index is 11.8. The largest absolute Gasteiger partial charge is 0.354 e. The van der Waals surface area contributed by atoms with E-state index in [-0.39, 0.29) is 17.7 Å². The van der Waals surface area contributed by atoms with Crippen LogP contribution in [0.2, 0.25) is 0 Å². The van der Waals surface area contributed by atoms with Crippen LogP contribution in [0.5, 0.6) is 0 Å². The summed E-state index contributed by atoms with van der Waals surface area (Å²) in [5.41, 5.74) is 0.608. The Hall–Kier alpha value is -1.36. The van der Waals surface area contributed by atoms with Crippen molar-refractivity contribution in [3.8, 4) is 0 Å². The lowest BCUT2D eigenvalue weighted by Gasteiger charge is -2.07. The van der Waals surface area contributed by atoms with Crippen LogP contribution in [0.1, 0.15) is 23.7 Å². The van der Waals surface area contributed by atoms with Crippen LogP contribution in [0.3, 0.4) is 0 Å². The van der Waals surface area contributed by atoms with E-state index in [9.17, 15) is 9.59 Å². The fraction of sp³-hybridized carbons (Fsp3) is 0.429. The van der Waals surface area contributed by atoms with Gasteiger partial charge in [-0.25, -0.2) is 0 Å². The van der Waals surface area contributed by atoms with E-state index < -0.39 is 0 Å². The first-order chi connectivity index (χ1) is 9.08. The first kappa shape index (κ1) is 14.1. The van der Waals surface area contributed by atoms with E-state index in [1.54, 1.807) is 12.1 Å². The van der Waals surface area contributed by atoms with Crippen molar-refractivity contribution in [3.63, 3.8) is 0 Å². The van der Waals surface area contributed by atoms with Gasteiger partial charge >= 0.3 is 0 Å². The van der Waals surface area contributed by atoms with Gasteiger partial charge in [0.05, 0.1) is 0 Å². The van der Waals surface area contributed by atoms with E-state index >= 15 is 0 Å². The monoisotopic (exact) mass is 324 g/mol. The Kier molecular flexibility index (Phi) is 4.58. The van der Waals surface area contributed by atoms with Gasteiger partial charge in [-0.05, 0) is 30.5 Å². The molecule has 0 aliphatic heterocycles. The molecule has 2 atom stereocenters. The zero-order valence-electron chi connectivity index (χ0n) is 10.8. The topological polar surface area (TPSA) is 58.2 Å². The second kappa shape index (κ2) is 6.19. The number of hydrogen-bond donors (Lipinski definition) is 2. The molecular formula is C14H17BrN2O2. The highest BCUT2D eigenvalue weighted by Crippen LogP contribution is 2.37. The molecule has 1 aliphatic carbocycles. The average molecular weight is 325 g/mol. The van der Waals surface area contributed by atoms with Crippen molar-refractivity contribution in [2.45, 2.75) is 13.3 Å². The number of benzene rings is 1. The molecule has 1 fully saturated rings. The number of halogens is 1. The molecule has 1 aromatic rings. The van der Waals surface area contributed by atoms with Crippen molar-refractivity contribution in [1.29, 1.82) is 0 Å². The summed E-state index contributed by atoms with van der Waals surface area (Å²) in [5, 5.41) is 5.61. The summed E-state index contributed by atoms with van der Waals surface area (Å²) in [5.74, 6) is 0.664. The van der Waals surface area contributed by atoms with Gasteiger partial charge < -0.3 is 10.6 Å². The van der Waals surface area contributed by atoms with Gasteiger partial charge in [-0.15, -0.1) is 0 Å². The van der Waals surface area contributed by atoms with E-state index in [0.29, 0.717) is 24.6 Å². The van der Waals surface area contributed by atoms with E-state index in [2.05, 4.69) is 33.5 Å². The zero-order valence-corrected chi connectivity index (χ0v) is 12.4. The van der Waals surface area contributed by atoms with Gasteiger partial charge in [0, 0.05) is 29.0 Å². The minimum Gasteiger partial charge on any atom is -0.354 e. The Morgan fingerprint density at radius 2 is 2.00 bits per heavy atom. The summed E-state index contributed by atoms with van der Waals surface area (Å²) in [7, 11) is 0. The van der Waals surface area contributed by atoms with Crippen molar-refractivity contribution in [2.24, 2.45) is 11.8 Å². The second-order valence-electron chi connectivity index (χ2n) is 4.88. The lowest BCUT2D eigenvalue weighted by atomic mass is 10.2. The smallest absolute Gasteiger partial charge is 0.251 e. The number of rotatable bonds is 5. The van der Waals surface area contributed by atoms with Crippen molar-refractivity contribution in [2.75, 3.05) is 13.1 Å². The van der Waals surface area contributed by atoms with Crippen LogP contribution in [-0.2, 0) is 4.79 Å². The molecule has 2 amide bonds. The lowest BCUT2D eigenvalue weighted by molar-refractivity contribution is -0.122. The first-order valence-electron chi connectivity index (χ1n) is 6.39. The average Bonchev–Trinajstić information content (AvgIpc) is 3.11. The normalized spacial score (nSPS) is 20.7. The van der Waals surface area contributed by atoms with Gasteiger partial charge in [0.15, 0.2) is 0 Å². The Morgan fingerprint density at radius 3 is 2.63 bits per heavy atom. The zero-order chi connectivity index (χ0) is 13.8. The molecule has 1 aliphatic rings. The molecule has 0 bridgehead atoms. The highest BCUT2D eigenvalue weighted by atomic mass is 79.9. The molecule has 5 heteroatoms. The van der Waals surface area contributed by atoms with Crippen LogP contribution in [0.15, 0.2) is 28.7 Å². The van der Waals surface area contributed by atoms with Crippen LogP contribution < -0.4 is 10.6 Å². The summed E-state index contributed by atoms with van der Waals surface area (Å²) in [6, 6.07) is 7.20. The number of carbonyl (C=O) groups is 2. The Bertz CT molecular complexity index is 490. The second-order valence-corrected chi connectivity index (χ2v) is 5.79. The highest BCUT2D eigenvalue weighted by Gasteiger charge is 2.38. The van der Waals surface area contributed by atoms with Crippen molar-refractivity contribution in [1.82, 2.24) is 10.6 Å². The molecule has 0 radical (unpaired) electrons. The third-order valence-corrected chi connectivity index (χ3v) is 3.74. The molecular weight excluding hydrogens is 308 g/mol. The molecule has 2 rings (SSSR count). The molecule has 0 saturated heterocycles. The van der Waals surface area contributed by atoms with E-state index in [1.165, 1.54) is 0 Å². The SMILES string of the molecule is CC1CC1C(=O)NCCNC(=O)c1cccc(Br)c1. The summed E-state index contributed by atoms with van der Waals surface area (Å²) in [4.78, 5) is 23.3. The standard InChI is InChI=1S/C14H17BrN2O2/c1-9-7-12(9)14(19)17-6-5-16-13(18)10-3-2-4-11(15)8-10/h2-4,8-9,12H,5-7H2,1H3,(H,16,18)(H,17,19). The van der Waals surface area contributed by atoms with Gasteiger partial charge in [0.1, 0.15) is 0 Å². The third kappa shape index (κ3) is 4.06. The number of amides is 2. The van der Waals surface area contributed by atoms with Gasteiger partial charge in [0.2, 0.25) is 5.91 Å². The van der Waals surface area contributed by atoms with Crippen LogP contribution in [0, 0.1) is 11.8 Å². The molecule has 1 saturated carbocycles. The maximum atomic E-state index is 11.8. The van der Waals surface area contributed by atoms with E-state index in [0.717, 1.165) is 10.9 Å². The Balaban J connectivity index is 1.68. The van der Waals surface area contributed by atoms with Gasteiger partial charge in [0.25, 0.3) is 5.91 Å². The molecule has 0 aromatic heterocycles. The third-order valence-electron chi connectivity index (χ3n) is 3.24. The number of nitrogens with one attached hydrogen (secondary N) is 2. The quantitative estimate of drug-likeness (QED) is 0.813. The molecule has 0 heterocycles. The summed E-state index contributed by atoms with van der Waals surface area (Å²) in [6.45, 7) is 2.99.